The molecule has 1 atom stereocenters. The van der Waals surface area contributed by atoms with Crippen molar-refractivity contribution < 1.29 is 14.8 Å². The van der Waals surface area contributed by atoms with Gasteiger partial charge < -0.3 is 10.4 Å². The Morgan fingerprint density at radius 1 is 1.67 bits per heavy atom. The molecule has 0 aliphatic rings. The number of hydrogen-bond donors (Lipinski definition) is 2. The van der Waals surface area contributed by atoms with Crippen molar-refractivity contribution in [2.24, 2.45) is 5.92 Å². The van der Waals surface area contributed by atoms with Gasteiger partial charge >= 0.3 is 5.69 Å². The van der Waals surface area contributed by atoms with E-state index in [0.29, 0.717) is 0 Å². The smallest absolute Gasteiger partial charge is 0.307 e. The molecule has 1 amide bonds. The van der Waals surface area contributed by atoms with Crippen molar-refractivity contribution in [2.45, 2.75) is 26.4 Å². The monoisotopic (exact) mass is 256 g/mol. The summed E-state index contributed by atoms with van der Waals surface area (Å²) in [7, 11) is 0. The van der Waals surface area contributed by atoms with Crippen LogP contribution in [-0.4, -0.2) is 38.4 Å². The first kappa shape index (κ1) is 14.1. The van der Waals surface area contributed by atoms with Crippen LogP contribution >= 0.6 is 0 Å². The Bertz CT molecular complexity index is 429. The van der Waals surface area contributed by atoms with E-state index in [1.54, 1.807) is 0 Å². The van der Waals surface area contributed by atoms with Crippen molar-refractivity contribution in [3.63, 3.8) is 0 Å². The van der Waals surface area contributed by atoms with Crippen LogP contribution in [0.5, 0.6) is 0 Å². The van der Waals surface area contributed by atoms with Crippen molar-refractivity contribution in [3.05, 3.63) is 22.5 Å². The molecule has 1 unspecified atom stereocenters. The Hall–Kier alpha value is -1.96. The number of aromatic nitrogens is 2. The molecule has 0 fully saturated rings. The normalized spacial score (nSPS) is 12.4. The number of carbonyl (C=O) groups excluding carboxylic acids is 1. The Morgan fingerprint density at radius 3 is 2.78 bits per heavy atom. The summed E-state index contributed by atoms with van der Waals surface area (Å²) in [6, 6.07) is -0.331. The van der Waals surface area contributed by atoms with E-state index in [4.69, 9.17) is 5.11 Å². The molecule has 0 saturated heterocycles. The lowest BCUT2D eigenvalue weighted by molar-refractivity contribution is -0.385. The highest BCUT2D eigenvalue weighted by molar-refractivity contribution is 5.76. The fraction of sp³-hybridized carbons (Fsp3) is 0.600. The summed E-state index contributed by atoms with van der Waals surface area (Å²) in [5.74, 6) is -0.244. The van der Waals surface area contributed by atoms with E-state index < -0.39 is 4.92 Å². The van der Waals surface area contributed by atoms with Gasteiger partial charge in [-0.15, -0.1) is 0 Å². The van der Waals surface area contributed by atoms with E-state index in [0.717, 1.165) is 6.20 Å². The third kappa shape index (κ3) is 3.81. The van der Waals surface area contributed by atoms with Crippen LogP contribution in [0.1, 0.15) is 13.8 Å². The number of nitrogens with one attached hydrogen (secondary N) is 1. The summed E-state index contributed by atoms with van der Waals surface area (Å²) < 4.78 is 1.18. The van der Waals surface area contributed by atoms with E-state index in [2.05, 4.69) is 10.4 Å². The highest BCUT2D eigenvalue weighted by Crippen LogP contribution is 2.07. The number of aliphatic hydroxyl groups is 1. The van der Waals surface area contributed by atoms with Crippen molar-refractivity contribution in [1.82, 2.24) is 15.1 Å². The lowest BCUT2D eigenvalue weighted by Crippen LogP contribution is -2.42. The van der Waals surface area contributed by atoms with Crippen molar-refractivity contribution in [2.75, 3.05) is 6.61 Å². The molecule has 8 heteroatoms. The van der Waals surface area contributed by atoms with Gasteiger partial charge in [0, 0.05) is 0 Å². The van der Waals surface area contributed by atoms with Crippen LogP contribution in [0.3, 0.4) is 0 Å². The minimum absolute atomic E-state index is 0.103. The summed E-state index contributed by atoms with van der Waals surface area (Å²) in [6.45, 7) is 3.49. The van der Waals surface area contributed by atoms with Crippen LogP contribution in [0, 0.1) is 16.0 Å². The molecule has 100 valence electrons. The van der Waals surface area contributed by atoms with Crippen LogP contribution in [0.2, 0.25) is 0 Å². The van der Waals surface area contributed by atoms with E-state index in [9.17, 15) is 14.9 Å². The lowest BCUT2D eigenvalue weighted by atomic mass is 10.1. The van der Waals surface area contributed by atoms with Crippen molar-refractivity contribution >= 4 is 11.6 Å². The first-order valence-electron chi connectivity index (χ1n) is 5.51. The molecule has 8 nitrogen and oxygen atoms in total. The quantitative estimate of drug-likeness (QED) is 0.546. The van der Waals surface area contributed by atoms with E-state index >= 15 is 0 Å². The molecule has 0 saturated carbocycles. The van der Waals surface area contributed by atoms with E-state index in [1.165, 1.54) is 10.9 Å². The summed E-state index contributed by atoms with van der Waals surface area (Å²) in [4.78, 5) is 21.5. The van der Waals surface area contributed by atoms with Crippen LogP contribution in [0.15, 0.2) is 12.4 Å². The second kappa shape index (κ2) is 6.10. The first-order chi connectivity index (χ1) is 8.43. The Kier molecular flexibility index (Phi) is 4.78. The molecule has 0 spiro atoms. The maximum Gasteiger partial charge on any atom is 0.307 e. The molecule has 0 aliphatic heterocycles. The molecule has 1 rings (SSSR count). The van der Waals surface area contributed by atoms with E-state index in [-0.39, 0.29) is 36.7 Å². The molecule has 18 heavy (non-hydrogen) atoms. The zero-order chi connectivity index (χ0) is 13.7. The third-order valence-corrected chi connectivity index (χ3v) is 2.48. The zero-order valence-electron chi connectivity index (χ0n) is 10.2. The Labute approximate surface area is 104 Å². The average Bonchev–Trinajstić information content (AvgIpc) is 2.74. The fourth-order valence-electron chi connectivity index (χ4n) is 1.36. The molecule has 0 aromatic carbocycles. The molecular weight excluding hydrogens is 240 g/mol. The molecule has 1 heterocycles. The van der Waals surface area contributed by atoms with Gasteiger partial charge in [0.1, 0.15) is 18.9 Å². The van der Waals surface area contributed by atoms with Gasteiger partial charge in [0.15, 0.2) is 0 Å². The SMILES string of the molecule is CC(C)C(CO)NC(=O)Cn1cc([N+](=O)[O-])cn1. The summed E-state index contributed by atoms with van der Waals surface area (Å²) in [6.07, 6.45) is 2.27. The maximum atomic E-state index is 11.6. The maximum absolute atomic E-state index is 11.6. The number of hydrogen-bond acceptors (Lipinski definition) is 5. The van der Waals surface area contributed by atoms with Gasteiger partial charge in [-0.25, -0.2) is 0 Å². The predicted octanol–water partition coefficient (Wildman–Crippen LogP) is -0.0756. The fourth-order valence-corrected chi connectivity index (χ4v) is 1.36. The Balaban J connectivity index is 2.56. The number of amides is 1. The van der Waals surface area contributed by atoms with Gasteiger partial charge in [0.25, 0.3) is 0 Å². The molecule has 1 aromatic heterocycles. The molecule has 1 aromatic rings. The van der Waals surface area contributed by atoms with Gasteiger partial charge in [-0.3, -0.25) is 19.6 Å². The first-order valence-corrected chi connectivity index (χ1v) is 5.51. The molecule has 0 aliphatic carbocycles. The summed E-state index contributed by atoms with van der Waals surface area (Å²) in [5, 5.41) is 25.8. The molecule has 2 N–H and O–H groups in total. The average molecular weight is 256 g/mol. The highest BCUT2D eigenvalue weighted by atomic mass is 16.6. The van der Waals surface area contributed by atoms with Gasteiger partial charge in [0.05, 0.1) is 17.6 Å². The van der Waals surface area contributed by atoms with Gasteiger partial charge in [0.2, 0.25) is 5.91 Å². The van der Waals surface area contributed by atoms with Crippen LogP contribution in [-0.2, 0) is 11.3 Å². The minimum Gasteiger partial charge on any atom is -0.394 e. The molecular formula is C10H16N4O4. The van der Waals surface area contributed by atoms with Crippen molar-refractivity contribution in [3.8, 4) is 0 Å². The Morgan fingerprint density at radius 2 is 2.33 bits per heavy atom. The molecule has 0 radical (unpaired) electrons. The number of rotatable bonds is 6. The predicted molar refractivity (Wildman–Crippen MR) is 62.7 cm³/mol. The number of aliphatic hydroxyl groups excluding tert-OH is 1. The summed E-state index contributed by atoms with van der Waals surface area (Å²) in [5.41, 5.74) is -0.162. The largest absolute Gasteiger partial charge is 0.394 e. The third-order valence-electron chi connectivity index (χ3n) is 2.48. The standard InChI is InChI=1S/C10H16N4O4/c1-7(2)9(6-15)12-10(16)5-13-4-8(3-11-13)14(17)18/h3-4,7,9,15H,5-6H2,1-2H3,(H,12,16). The van der Waals surface area contributed by atoms with Crippen LogP contribution < -0.4 is 5.32 Å². The van der Waals surface area contributed by atoms with Gasteiger partial charge in [-0.1, -0.05) is 13.8 Å². The van der Waals surface area contributed by atoms with E-state index in [1.807, 2.05) is 13.8 Å². The number of nitro groups is 1. The highest BCUT2D eigenvalue weighted by Gasteiger charge is 2.16. The van der Waals surface area contributed by atoms with Gasteiger partial charge in [-0.2, -0.15) is 5.10 Å². The topological polar surface area (TPSA) is 110 Å². The van der Waals surface area contributed by atoms with Crippen LogP contribution in [0.4, 0.5) is 5.69 Å². The number of nitrogens with zero attached hydrogens (tertiary/aromatic N) is 3. The summed E-state index contributed by atoms with van der Waals surface area (Å²) >= 11 is 0. The number of carbonyl (C=O) groups is 1. The van der Waals surface area contributed by atoms with Gasteiger partial charge in [-0.05, 0) is 5.92 Å². The molecule has 0 bridgehead atoms. The second-order valence-electron chi connectivity index (χ2n) is 4.25. The minimum atomic E-state index is -0.577. The second-order valence-corrected chi connectivity index (χ2v) is 4.25. The van der Waals surface area contributed by atoms with Crippen molar-refractivity contribution in [1.29, 1.82) is 0 Å². The lowest BCUT2D eigenvalue weighted by Gasteiger charge is -2.19. The zero-order valence-corrected chi connectivity index (χ0v) is 10.2. The van der Waals surface area contributed by atoms with Crippen LogP contribution in [0.25, 0.3) is 0 Å².